The number of pyridine rings is 2. The second kappa shape index (κ2) is 27.8. The van der Waals surface area contributed by atoms with E-state index in [0.29, 0.717) is 11.5 Å². The molecule has 5 N–H and O–H groups in total. The molecule has 0 amide bonds. The van der Waals surface area contributed by atoms with Crippen molar-refractivity contribution >= 4 is 11.7 Å². The van der Waals surface area contributed by atoms with Gasteiger partial charge in [0, 0.05) is 21.3 Å². The molecule has 41 heavy (non-hydrogen) atoms. The molecule has 0 aromatic carbocycles. The van der Waals surface area contributed by atoms with E-state index in [1.807, 2.05) is 32.0 Å². The SMILES string of the molecule is Cc1cccnc1/C(N)=N/O.OOOOOOOOOOOOOOOOOOOOO.[C-]#[N+]c1ncccc1C. The number of aryl methyl sites for hydroxylation is 2. The number of rotatable bonds is 19. The Morgan fingerprint density at radius 1 is 0.683 bits per heavy atom. The van der Waals surface area contributed by atoms with Crippen molar-refractivity contribution in [1.29, 1.82) is 0 Å². The summed E-state index contributed by atoms with van der Waals surface area (Å²) in [5, 5.41) is 89.7. The Balaban J connectivity index is 0.000000659. The fraction of sp³-hybridized carbons (Fsp3) is 0.143. The summed E-state index contributed by atoms with van der Waals surface area (Å²) in [6, 6.07) is 7.34. The highest BCUT2D eigenvalue weighted by Gasteiger charge is 2.02. The second-order valence-corrected chi connectivity index (χ2v) is 5.22. The molecule has 0 radical (unpaired) electrons. The lowest BCUT2D eigenvalue weighted by atomic mass is 10.2. The molecular formula is C14H17N5O22. The number of nitrogens with zero attached hydrogens (tertiary/aromatic N) is 4. The zero-order chi connectivity index (χ0) is 30.4. The van der Waals surface area contributed by atoms with E-state index in [1.54, 1.807) is 18.5 Å². The van der Waals surface area contributed by atoms with E-state index < -0.39 is 0 Å². The Kier molecular flexibility index (Phi) is 25.2. The third-order valence-electron chi connectivity index (χ3n) is 2.95. The first-order valence-electron chi connectivity index (χ1n) is 9.15. The van der Waals surface area contributed by atoms with Crippen molar-refractivity contribution in [1.82, 2.24) is 9.97 Å². The lowest BCUT2D eigenvalue weighted by Gasteiger charge is -1.99. The Morgan fingerprint density at radius 3 is 1.34 bits per heavy atom. The van der Waals surface area contributed by atoms with Gasteiger partial charge in [-0.3, -0.25) is 4.98 Å². The molecule has 0 spiro atoms. The topological polar surface area (TPSA) is 305 Å². The molecule has 2 rings (SSSR count). The molecule has 27 heteroatoms. The van der Waals surface area contributed by atoms with Crippen molar-refractivity contribution in [2.24, 2.45) is 10.9 Å². The molecule has 0 fully saturated rings. The Morgan fingerprint density at radius 2 is 1.05 bits per heavy atom. The molecule has 0 atom stereocenters. The van der Waals surface area contributed by atoms with Gasteiger partial charge in [-0.15, -0.1) is 4.98 Å². The van der Waals surface area contributed by atoms with Crippen LogP contribution in [0.5, 0.6) is 0 Å². The van der Waals surface area contributed by atoms with Gasteiger partial charge in [-0.25, -0.2) is 10.5 Å². The molecular weight excluding hydrogens is 590 g/mol. The van der Waals surface area contributed by atoms with E-state index in [-0.39, 0.29) is 5.84 Å². The predicted octanol–water partition coefficient (Wildman–Crippen LogP) is 1.14. The van der Waals surface area contributed by atoms with Crippen molar-refractivity contribution in [3.63, 3.8) is 0 Å². The minimum Gasteiger partial charge on any atom is -0.409 e. The number of hydrogen-bond donors (Lipinski definition) is 4. The van der Waals surface area contributed by atoms with Gasteiger partial charge in [-0.2, -0.15) is 0 Å². The number of nitrogens with two attached hydrogens (primary N) is 1. The van der Waals surface area contributed by atoms with Gasteiger partial charge in [0.1, 0.15) is 11.9 Å². The van der Waals surface area contributed by atoms with Crippen LogP contribution < -0.4 is 5.73 Å². The minimum absolute atomic E-state index is 0.0445. The maximum Gasteiger partial charge on any atom is 0.272 e. The van der Waals surface area contributed by atoms with Gasteiger partial charge in [0.2, 0.25) is 0 Å². The maximum absolute atomic E-state index is 8.34. The summed E-state index contributed by atoms with van der Waals surface area (Å²) in [5.74, 6) is 0.542. The van der Waals surface area contributed by atoms with Gasteiger partial charge in [0.05, 0.1) is 0 Å². The highest BCUT2D eigenvalue weighted by Crippen LogP contribution is 2.11. The molecule has 0 aliphatic carbocycles. The van der Waals surface area contributed by atoms with E-state index >= 15 is 0 Å². The van der Waals surface area contributed by atoms with Crippen LogP contribution in [0.4, 0.5) is 5.82 Å². The summed E-state index contributed by atoms with van der Waals surface area (Å²) in [4.78, 5) is 11.0. The standard InChI is InChI=1S/C7H9N3O.C7H6N2.H2O21/c1-5-3-2-4-9-6(5)7(8)10-11;1-6-4-3-5-9-7(6)8-2;1-3-5-7-9-11-13-15-17-19-21-20-18-16-14-12-10-8-6-4-2/h2-4,11H,1H3,(H2,8,10);3-5H,1H3;1-2H. The highest BCUT2D eigenvalue weighted by molar-refractivity contribution is 5.96. The fourth-order valence-electron chi connectivity index (χ4n) is 1.59. The summed E-state index contributed by atoms with van der Waals surface area (Å²) in [5.41, 5.74) is 7.68. The van der Waals surface area contributed by atoms with Crippen LogP contribution in [-0.2, 0) is 95.7 Å². The molecule has 27 nitrogen and oxygen atoms in total. The van der Waals surface area contributed by atoms with E-state index in [0.717, 1.165) is 11.1 Å². The predicted molar refractivity (Wildman–Crippen MR) is 103 cm³/mol. The number of oxime groups is 1. The number of hydrogen-bond acceptors (Lipinski definition) is 25. The van der Waals surface area contributed by atoms with Crippen LogP contribution in [0.15, 0.2) is 41.8 Å². The van der Waals surface area contributed by atoms with Crippen molar-refractivity contribution in [3.8, 4) is 0 Å². The van der Waals surface area contributed by atoms with Gasteiger partial charge < -0.3 is 15.8 Å². The molecule has 2 aromatic rings. The first-order valence-corrected chi connectivity index (χ1v) is 9.15. The molecule has 0 saturated heterocycles. The average molecular weight is 607 g/mol. The monoisotopic (exact) mass is 607 g/mol. The lowest BCUT2D eigenvalue weighted by molar-refractivity contribution is -0.895. The van der Waals surface area contributed by atoms with Gasteiger partial charge in [-0.1, -0.05) is 23.9 Å². The van der Waals surface area contributed by atoms with Gasteiger partial charge in [0.25, 0.3) is 5.82 Å². The Labute approximate surface area is 223 Å². The smallest absolute Gasteiger partial charge is 0.272 e. The summed E-state index contributed by atoms with van der Waals surface area (Å²) < 4.78 is 0. The van der Waals surface area contributed by atoms with E-state index in [9.17, 15) is 0 Å². The van der Waals surface area contributed by atoms with Gasteiger partial charge in [0.15, 0.2) is 5.84 Å². The Bertz CT molecular complexity index is 948. The van der Waals surface area contributed by atoms with Gasteiger partial charge >= 0.3 is 0 Å². The molecule has 0 saturated carbocycles. The second-order valence-electron chi connectivity index (χ2n) is 5.22. The molecule has 230 valence electrons. The number of amidine groups is 1. The largest absolute Gasteiger partial charge is 0.409 e. The average Bonchev–Trinajstić information content (AvgIpc) is 2.99. The molecule has 2 aromatic heterocycles. The zero-order valence-corrected chi connectivity index (χ0v) is 19.9. The van der Waals surface area contributed by atoms with E-state index in [4.69, 9.17) is 28.0 Å². The van der Waals surface area contributed by atoms with Crippen LogP contribution in [0.1, 0.15) is 16.8 Å². The molecule has 2 heterocycles. The van der Waals surface area contributed by atoms with Crippen LogP contribution in [0, 0.1) is 20.4 Å². The zero-order valence-electron chi connectivity index (χ0n) is 19.9. The third kappa shape index (κ3) is 21.7. The van der Waals surface area contributed by atoms with Crippen LogP contribution in [-0.4, -0.2) is 31.5 Å². The summed E-state index contributed by atoms with van der Waals surface area (Å²) in [6.07, 6.45) is 3.22. The fourth-order valence-corrected chi connectivity index (χ4v) is 1.59. The van der Waals surface area contributed by atoms with Crippen molar-refractivity contribution in [2.75, 3.05) is 0 Å². The number of aromatic nitrogens is 2. The lowest BCUT2D eigenvalue weighted by Crippen LogP contribution is -2.16. The minimum atomic E-state index is 0.0445. The maximum atomic E-state index is 8.34. The van der Waals surface area contributed by atoms with Crippen LogP contribution in [0.2, 0.25) is 0 Å². The summed E-state index contributed by atoms with van der Waals surface area (Å²) >= 11 is 0. The molecule has 0 aliphatic rings. The quantitative estimate of drug-likeness (QED) is 0.0331. The van der Waals surface area contributed by atoms with Crippen molar-refractivity contribution < 1.29 is 111 Å². The van der Waals surface area contributed by atoms with Crippen molar-refractivity contribution in [3.05, 3.63) is 64.9 Å². The molecule has 0 unspecified atom stereocenters. The van der Waals surface area contributed by atoms with Crippen LogP contribution in [0.3, 0.4) is 0 Å². The highest BCUT2D eigenvalue weighted by atomic mass is 18.0. The van der Waals surface area contributed by atoms with Crippen LogP contribution >= 0.6 is 0 Å². The third-order valence-corrected chi connectivity index (χ3v) is 2.95. The molecule has 0 bridgehead atoms. The first-order chi connectivity index (χ1) is 20.0. The normalized spacial score (nSPS) is 10.7. The Hall–Kier alpha value is -3.78. The summed E-state index contributed by atoms with van der Waals surface area (Å²) in [7, 11) is 0. The summed E-state index contributed by atoms with van der Waals surface area (Å²) in [6.45, 7) is 10.4. The first kappa shape index (κ1) is 37.2. The van der Waals surface area contributed by atoms with E-state index in [1.165, 1.54) is 0 Å². The van der Waals surface area contributed by atoms with Crippen molar-refractivity contribution in [2.45, 2.75) is 13.8 Å². The van der Waals surface area contributed by atoms with E-state index in [2.05, 4.69) is 116 Å². The van der Waals surface area contributed by atoms with Crippen LogP contribution in [0.25, 0.3) is 4.85 Å². The molecule has 0 aliphatic heterocycles. The van der Waals surface area contributed by atoms with Gasteiger partial charge in [-0.05, 0) is 118 Å².